The van der Waals surface area contributed by atoms with Gasteiger partial charge < -0.3 is 10.0 Å². The number of amides is 1. The Kier molecular flexibility index (Phi) is 7.18. The van der Waals surface area contributed by atoms with Gasteiger partial charge in [0.25, 0.3) is 5.91 Å². The molecule has 2 aromatic rings. The average Bonchev–Trinajstić information content (AvgIpc) is 3.20. The van der Waals surface area contributed by atoms with Crippen LogP contribution in [0, 0.1) is 5.82 Å². The van der Waals surface area contributed by atoms with E-state index in [1.54, 1.807) is 4.90 Å². The highest BCUT2D eigenvalue weighted by molar-refractivity contribution is 5.93. The number of nitrogens with zero attached hydrogens (tertiary/aromatic N) is 2. The first-order valence-electron chi connectivity index (χ1n) is 10.1. The number of aliphatic hydroxyl groups excluding tert-OH is 1. The second-order valence-corrected chi connectivity index (χ2v) is 7.83. The number of likely N-dealkylation sites (tertiary alicyclic amines) is 1. The van der Waals surface area contributed by atoms with Gasteiger partial charge in [-0.05, 0) is 49.1 Å². The van der Waals surface area contributed by atoms with E-state index in [-0.39, 0.29) is 24.4 Å². The molecule has 1 aliphatic rings. The molecule has 1 fully saturated rings. The van der Waals surface area contributed by atoms with E-state index in [9.17, 15) is 14.3 Å². The third-order valence-corrected chi connectivity index (χ3v) is 5.58. The molecule has 1 saturated heterocycles. The second-order valence-electron chi connectivity index (χ2n) is 7.83. The first kappa shape index (κ1) is 21.2. The minimum Gasteiger partial charge on any atom is -0.394 e. The molecule has 1 amide bonds. The van der Waals surface area contributed by atoms with Gasteiger partial charge in [0.1, 0.15) is 5.82 Å². The van der Waals surface area contributed by atoms with Crippen molar-refractivity contribution in [2.24, 2.45) is 0 Å². The largest absolute Gasteiger partial charge is 0.394 e. The van der Waals surface area contributed by atoms with Crippen molar-refractivity contribution in [1.29, 1.82) is 0 Å². The van der Waals surface area contributed by atoms with Crippen LogP contribution in [0.5, 0.6) is 0 Å². The van der Waals surface area contributed by atoms with Crippen LogP contribution < -0.4 is 0 Å². The zero-order chi connectivity index (χ0) is 20.8. The fourth-order valence-corrected chi connectivity index (χ4v) is 3.83. The molecule has 5 heteroatoms. The van der Waals surface area contributed by atoms with E-state index >= 15 is 0 Å². The third kappa shape index (κ3) is 5.52. The Balaban J connectivity index is 1.60. The van der Waals surface area contributed by atoms with E-state index < -0.39 is 0 Å². The summed E-state index contributed by atoms with van der Waals surface area (Å²) in [6, 6.07) is 16.2. The molecule has 2 aromatic carbocycles. The summed E-state index contributed by atoms with van der Waals surface area (Å²) >= 11 is 0. The molecule has 1 N–H and O–H groups in total. The number of rotatable bonds is 8. The number of benzene rings is 2. The van der Waals surface area contributed by atoms with Crippen LogP contribution in [-0.2, 0) is 11.3 Å². The summed E-state index contributed by atoms with van der Waals surface area (Å²) in [6.45, 7) is 8.44. The fraction of sp³-hybridized carbons (Fsp3) is 0.375. The lowest BCUT2D eigenvalue weighted by atomic mass is 9.99. The van der Waals surface area contributed by atoms with E-state index in [2.05, 4.69) is 11.5 Å². The van der Waals surface area contributed by atoms with Crippen molar-refractivity contribution in [3.05, 3.63) is 83.7 Å². The Morgan fingerprint density at radius 3 is 2.59 bits per heavy atom. The molecule has 2 atom stereocenters. The van der Waals surface area contributed by atoms with Crippen molar-refractivity contribution in [2.45, 2.75) is 31.8 Å². The van der Waals surface area contributed by atoms with E-state index in [4.69, 9.17) is 0 Å². The first-order valence-corrected chi connectivity index (χ1v) is 10.1. The molecule has 0 radical (unpaired) electrons. The van der Waals surface area contributed by atoms with Gasteiger partial charge >= 0.3 is 0 Å². The van der Waals surface area contributed by atoms with Crippen LogP contribution in [-0.4, -0.2) is 53.1 Å². The van der Waals surface area contributed by atoms with E-state index in [1.165, 1.54) is 12.1 Å². The Bertz CT molecular complexity index is 823. The summed E-state index contributed by atoms with van der Waals surface area (Å²) in [7, 11) is 0. The average molecular weight is 397 g/mol. The van der Waals surface area contributed by atoms with Gasteiger partial charge in [-0.15, -0.1) is 0 Å². The van der Waals surface area contributed by atoms with Crippen LogP contribution in [0.15, 0.2) is 66.7 Å². The molecule has 1 heterocycles. The fourth-order valence-electron chi connectivity index (χ4n) is 3.83. The molecule has 29 heavy (non-hydrogen) atoms. The topological polar surface area (TPSA) is 43.8 Å². The number of carbonyl (C=O) groups is 1. The van der Waals surface area contributed by atoms with Crippen molar-refractivity contribution in [2.75, 3.05) is 26.2 Å². The zero-order valence-electron chi connectivity index (χ0n) is 16.9. The zero-order valence-corrected chi connectivity index (χ0v) is 16.9. The van der Waals surface area contributed by atoms with Gasteiger partial charge in [0.05, 0.1) is 12.6 Å². The van der Waals surface area contributed by atoms with Crippen molar-refractivity contribution in [3.63, 3.8) is 0 Å². The molecule has 154 valence electrons. The van der Waals surface area contributed by atoms with Gasteiger partial charge in [-0.1, -0.05) is 49.0 Å². The molecular weight excluding hydrogens is 367 g/mol. The highest BCUT2D eigenvalue weighted by Gasteiger charge is 2.27. The molecule has 1 aliphatic heterocycles. The summed E-state index contributed by atoms with van der Waals surface area (Å²) < 4.78 is 13.2. The number of halogens is 1. The van der Waals surface area contributed by atoms with Crippen LogP contribution >= 0.6 is 0 Å². The summed E-state index contributed by atoms with van der Waals surface area (Å²) in [6.07, 6.45) is 0.980. The summed E-state index contributed by atoms with van der Waals surface area (Å²) in [5.74, 6) is -0.00462. The van der Waals surface area contributed by atoms with Gasteiger partial charge in [0.2, 0.25) is 0 Å². The Morgan fingerprint density at radius 1 is 1.24 bits per heavy atom. The summed E-state index contributed by atoms with van der Waals surface area (Å²) in [5, 5.41) is 9.62. The molecule has 0 saturated carbocycles. The first-order chi connectivity index (χ1) is 14.0. The van der Waals surface area contributed by atoms with Crippen molar-refractivity contribution in [3.8, 4) is 0 Å². The minimum atomic E-state index is -0.287. The Labute approximate surface area is 172 Å². The monoisotopic (exact) mass is 396 g/mol. The van der Waals surface area contributed by atoms with Gasteiger partial charge in [-0.3, -0.25) is 9.69 Å². The maximum absolute atomic E-state index is 13.2. The van der Waals surface area contributed by atoms with Crippen molar-refractivity contribution < 1.29 is 14.3 Å². The van der Waals surface area contributed by atoms with Crippen LogP contribution in [0.1, 0.15) is 30.4 Å². The molecule has 4 nitrogen and oxygen atoms in total. The van der Waals surface area contributed by atoms with Gasteiger partial charge in [-0.25, -0.2) is 4.39 Å². The Hall–Kier alpha value is -2.50. The lowest BCUT2D eigenvalue weighted by Gasteiger charge is -2.30. The normalized spacial score (nSPS) is 17.8. The van der Waals surface area contributed by atoms with Gasteiger partial charge in [0, 0.05) is 25.2 Å². The summed E-state index contributed by atoms with van der Waals surface area (Å²) in [5.41, 5.74) is 2.68. The molecule has 0 aromatic heterocycles. The number of aliphatic hydroxyl groups is 1. The predicted octanol–water partition coefficient (Wildman–Crippen LogP) is 3.58. The maximum Gasteiger partial charge on any atom is 0.251 e. The SMILES string of the molecule is C=C(CN1CCC(c2ccc(F)cc2)C1)C(=O)N(Cc1ccccc1)C(C)CO. The van der Waals surface area contributed by atoms with E-state index in [0.717, 1.165) is 30.6 Å². The van der Waals surface area contributed by atoms with Gasteiger partial charge in [-0.2, -0.15) is 0 Å². The number of carbonyl (C=O) groups excluding carboxylic acids is 1. The van der Waals surface area contributed by atoms with Crippen LogP contribution in [0.25, 0.3) is 0 Å². The van der Waals surface area contributed by atoms with Gasteiger partial charge in [0.15, 0.2) is 0 Å². The quantitative estimate of drug-likeness (QED) is 0.694. The smallest absolute Gasteiger partial charge is 0.251 e. The van der Waals surface area contributed by atoms with Crippen molar-refractivity contribution in [1.82, 2.24) is 9.80 Å². The number of hydrogen-bond acceptors (Lipinski definition) is 3. The summed E-state index contributed by atoms with van der Waals surface area (Å²) in [4.78, 5) is 17.0. The molecule has 0 spiro atoms. The molecule has 3 rings (SSSR count). The molecule has 0 aliphatic carbocycles. The standard InChI is InChI=1S/C24H29FN2O2/c1-18(14-26-13-12-22(16-26)21-8-10-23(25)11-9-21)24(29)27(19(2)17-28)15-20-6-4-3-5-7-20/h3-11,19,22,28H,1,12-17H2,2H3. The number of hydrogen-bond donors (Lipinski definition) is 1. The van der Waals surface area contributed by atoms with Crippen LogP contribution in [0.3, 0.4) is 0 Å². The predicted molar refractivity (Wildman–Crippen MR) is 113 cm³/mol. The third-order valence-electron chi connectivity index (χ3n) is 5.58. The molecule has 0 bridgehead atoms. The molecular formula is C24H29FN2O2. The minimum absolute atomic E-state index is 0.0950. The highest BCUT2D eigenvalue weighted by atomic mass is 19.1. The Morgan fingerprint density at radius 2 is 1.93 bits per heavy atom. The van der Waals surface area contributed by atoms with Crippen LogP contribution in [0.2, 0.25) is 0 Å². The highest BCUT2D eigenvalue weighted by Crippen LogP contribution is 2.28. The molecule has 2 unspecified atom stereocenters. The maximum atomic E-state index is 13.2. The van der Waals surface area contributed by atoms with Crippen molar-refractivity contribution >= 4 is 5.91 Å². The van der Waals surface area contributed by atoms with E-state index in [0.29, 0.717) is 24.6 Å². The lowest BCUT2D eigenvalue weighted by molar-refractivity contribution is -0.130. The second kappa shape index (κ2) is 9.81. The van der Waals surface area contributed by atoms with E-state index in [1.807, 2.05) is 49.4 Å². The van der Waals surface area contributed by atoms with Crippen LogP contribution in [0.4, 0.5) is 4.39 Å². The lowest BCUT2D eigenvalue weighted by Crippen LogP contribution is -2.42.